The van der Waals surface area contributed by atoms with E-state index in [1.807, 2.05) is 0 Å². The first-order valence-electron chi connectivity index (χ1n) is 7.33. The van der Waals surface area contributed by atoms with Crippen LogP contribution in [0.3, 0.4) is 0 Å². The maximum absolute atomic E-state index is 2.35. The van der Waals surface area contributed by atoms with Crippen LogP contribution in [0.1, 0.15) is 40.0 Å². The Morgan fingerprint density at radius 1 is 1.09 bits per heavy atom. The first-order chi connectivity index (χ1) is 9.13. The summed E-state index contributed by atoms with van der Waals surface area (Å²) in [5.41, 5.74) is 3.41. The fourth-order valence-corrected chi connectivity index (χ4v) is 6.56. The van der Waals surface area contributed by atoms with Gasteiger partial charge in [-0.25, -0.2) is 0 Å². The molecule has 0 nitrogen and oxygen atoms in total. The minimum absolute atomic E-state index is 0. The van der Waals surface area contributed by atoms with Crippen molar-refractivity contribution >= 4 is 14.7 Å². The number of hydrogen-bond acceptors (Lipinski definition) is 0. The van der Waals surface area contributed by atoms with E-state index in [9.17, 15) is 0 Å². The molecule has 0 bridgehead atoms. The topological polar surface area (TPSA) is 0 Å². The summed E-state index contributed by atoms with van der Waals surface area (Å²) in [6.45, 7) is 7.00. The Kier molecular flexibility index (Phi) is 13.4. The molecule has 0 saturated heterocycles. The molecule has 5 heteroatoms. The van der Waals surface area contributed by atoms with Crippen molar-refractivity contribution in [1.29, 1.82) is 0 Å². The van der Waals surface area contributed by atoms with E-state index in [2.05, 4.69) is 71.5 Å². The largest absolute Gasteiger partial charge is 1.00 e. The zero-order chi connectivity index (χ0) is 13.8. The normalized spacial score (nSPS) is 14.3. The molecule has 1 aromatic rings. The van der Waals surface area contributed by atoms with Gasteiger partial charge in [-0.3, -0.25) is 0 Å². The van der Waals surface area contributed by atoms with Gasteiger partial charge in [0.05, 0.1) is 0 Å². The van der Waals surface area contributed by atoms with Gasteiger partial charge in [0, 0.05) is 0 Å². The third kappa shape index (κ3) is 6.19. The van der Waals surface area contributed by atoms with Crippen LogP contribution in [-0.4, -0.2) is 9.52 Å². The van der Waals surface area contributed by atoms with Crippen molar-refractivity contribution in [2.45, 2.75) is 40.0 Å². The first kappa shape index (κ1) is 24.7. The van der Waals surface area contributed by atoms with Crippen molar-refractivity contribution < 1.29 is 57.7 Å². The van der Waals surface area contributed by atoms with Gasteiger partial charge in [0.15, 0.2) is 0 Å². The van der Waals surface area contributed by atoms with Crippen molar-refractivity contribution in [1.82, 2.24) is 0 Å². The predicted octanol–water partition coefficient (Wildman–Crippen LogP) is -5.59. The average Bonchev–Trinajstić information content (AvgIpc) is 2.68. The van der Waals surface area contributed by atoms with Crippen molar-refractivity contribution in [3.05, 3.63) is 50.6 Å². The van der Waals surface area contributed by atoms with Crippen LogP contribution in [0.2, 0.25) is 0 Å². The Morgan fingerprint density at radius 3 is 2.18 bits per heavy atom. The second-order valence-corrected chi connectivity index (χ2v) is 8.54. The molecule has 0 spiro atoms. The Morgan fingerprint density at radius 2 is 1.68 bits per heavy atom. The van der Waals surface area contributed by atoms with Gasteiger partial charge in [0.2, 0.25) is 0 Å². The molecule has 1 aromatic carbocycles. The van der Waals surface area contributed by atoms with Crippen LogP contribution in [0.15, 0.2) is 50.6 Å². The molecule has 0 amide bonds. The van der Waals surface area contributed by atoms with E-state index >= 15 is 0 Å². The number of rotatable bonds is 5. The van der Waals surface area contributed by atoms with E-state index in [0.717, 1.165) is 0 Å². The summed E-state index contributed by atoms with van der Waals surface area (Å²) in [4.78, 5) is 0. The Hall–Kier alpha value is 0.501. The van der Waals surface area contributed by atoms with E-state index in [-0.39, 0.29) is 46.7 Å². The van der Waals surface area contributed by atoms with Crippen molar-refractivity contribution in [3.63, 3.8) is 0 Å². The molecule has 0 heterocycles. The van der Waals surface area contributed by atoms with Crippen molar-refractivity contribution in [3.8, 4) is 0 Å². The molecule has 0 aliphatic heterocycles. The van der Waals surface area contributed by atoms with Gasteiger partial charge in [-0.2, -0.15) is 0 Å². The van der Waals surface area contributed by atoms with Gasteiger partial charge in [0.1, 0.15) is 0 Å². The summed E-state index contributed by atoms with van der Waals surface area (Å²) in [6, 6.07) is 11.1. The van der Waals surface area contributed by atoms with Gasteiger partial charge in [0.25, 0.3) is 0 Å². The molecule has 0 radical (unpaired) electrons. The van der Waals surface area contributed by atoms with Crippen LogP contribution in [0.5, 0.6) is 0 Å². The average molecular weight is 410 g/mol. The standard InChI is InChI=1S/C17H23Si.3ClH.Ti/c1-4-8-14-11-16(13(2)3)17(12-14)18-15-9-6-5-7-10-15;;;;/h5-7,9-10,13H,4,8,12,18H2,1-3H3;3*1H;/q;;;;+3/p-3. The number of halogens is 3. The molecule has 120 valence electrons. The summed E-state index contributed by atoms with van der Waals surface area (Å²) in [6.07, 6.45) is 3.83. The molecule has 1 aliphatic carbocycles. The second-order valence-electron chi connectivity index (χ2n) is 5.74. The van der Waals surface area contributed by atoms with E-state index in [4.69, 9.17) is 0 Å². The third-order valence-corrected chi connectivity index (χ3v) is 6.73. The molecule has 0 atom stereocenters. The van der Waals surface area contributed by atoms with Gasteiger partial charge in [-0.15, -0.1) is 0 Å². The summed E-state index contributed by atoms with van der Waals surface area (Å²) in [5, 5.41) is 3.38. The molecular formula is C17H23Cl3SiTi. The van der Waals surface area contributed by atoms with Gasteiger partial charge in [-0.1, -0.05) is 0 Å². The fourth-order valence-electron chi connectivity index (χ4n) is 3.02. The predicted molar refractivity (Wildman–Crippen MR) is 83.0 cm³/mol. The van der Waals surface area contributed by atoms with Crippen LogP contribution >= 0.6 is 0 Å². The van der Waals surface area contributed by atoms with Crippen LogP contribution in [0.25, 0.3) is 0 Å². The van der Waals surface area contributed by atoms with Crippen LogP contribution in [-0.2, 0) is 20.4 Å². The number of allylic oxidation sites excluding steroid dienone is 4. The molecule has 0 fully saturated rings. The fraction of sp³-hybridized carbons (Fsp3) is 0.412. The number of benzene rings is 1. The Bertz CT molecular complexity index is 510. The number of hydrogen-bond donors (Lipinski definition) is 0. The molecule has 0 unspecified atom stereocenters. The zero-order valence-electron chi connectivity index (χ0n) is 13.4. The van der Waals surface area contributed by atoms with Crippen LogP contribution in [0, 0.1) is 5.92 Å². The molecule has 22 heavy (non-hydrogen) atoms. The SMILES string of the molecule is CCCC1=[C]([Ti+3])C(C(C)C)=C([SiH2]c2ccccc2)C1.[Cl-].[Cl-].[Cl-]. The summed E-state index contributed by atoms with van der Waals surface area (Å²) in [7, 11) is -0.268. The van der Waals surface area contributed by atoms with Gasteiger partial charge >= 0.3 is 132 Å². The van der Waals surface area contributed by atoms with Crippen LogP contribution < -0.4 is 42.4 Å². The molecular weight excluding hydrogens is 386 g/mol. The molecule has 0 N–H and O–H groups in total. The summed E-state index contributed by atoms with van der Waals surface area (Å²) < 4.78 is 1.62. The molecule has 0 saturated carbocycles. The second kappa shape index (κ2) is 11.9. The summed E-state index contributed by atoms with van der Waals surface area (Å²) >= 11 is 2.35. The Labute approximate surface area is 168 Å². The van der Waals surface area contributed by atoms with Crippen molar-refractivity contribution in [2.24, 2.45) is 5.92 Å². The van der Waals surface area contributed by atoms with Gasteiger partial charge in [-0.05, 0) is 0 Å². The minimum Gasteiger partial charge on any atom is -1.00 e. The van der Waals surface area contributed by atoms with Crippen LogP contribution in [0.4, 0.5) is 0 Å². The van der Waals surface area contributed by atoms with E-state index in [0.29, 0.717) is 5.92 Å². The monoisotopic (exact) mass is 408 g/mol. The molecule has 1 aliphatic rings. The molecule has 2 rings (SSSR count). The van der Waals surface area contributed by atoms with Gasteiger partial charge < -0.3 is 37.2 Å². The Balaban J connectivity index is 0. The van der Waals surface area contributed by atoms with Crippen molar-refractivity contribution in [2.75, 3.05) is 0 Å². The smallest absolute Gasteiger partial charge is 1.00 e. The third-order valence-electron chi connectivity index (χ3n) is 3.82. The zero-order valence-corrected chi connectivity index (χ0v) is 18.7. The van der Waals surface area contributed by atoms with E-state index in [1.165, 1.54) is 19.3 Å². The quantitative estimate of drug-likeness (QED) is 0.426. The minimum atomic E-state index is -0.268. The molecule has 0 aromatic heterocycles. The summed E-state index contributed by atoms with van der Waals surface area (Å²) in [5.74, 6) is 0.681. The van der Waals surface area contributed by atoms with E-state index in [1.54, 1.807) is 25.4 Å². The van der Waals surface area contributed by atoms with E-state index < -0.39 is 0 Å². The first-order valence-corrected chi connectivity index (χ1v) is 9.52. The maximum Gasteiger partial charge on any atom is -1.00 e. The maximum atomic E-state index is 2.35.